The minimum Gasteiger partial charge on any atom is -0.463 e. The zero-order valence-corrected chi connectivity index (χ0v) is 21.6. The van der Waals surface area contributed by atoms with E-state index in [0.717, 1.165) is 19.6 Å². The Morgan fingerprint density at radius 1 is 1.22 bits per heavy atom. The van der Waals surface area contributed by atoms with Gasteiger partial charge in [-0.3, -0.25) is 9.36 Å². The summed E-state index contributed by atoms with van der Waals surface area (Å²) in [7, 11) is 0. The van der Waals surface area contributed by atoms with Gasteiger partial charge in [0.05, 0.1) is 28.5 Å². The van der Waals surface area contributed by atoms with Gasteiger partial charge in [-0.05, 0) is 84.2 Å². The Kier molecular flexibility index (Phi) is 7.02. The largest absolute Gasteiger partial charge is 0.463 e. The number of carbonyl (C=O) groups is 1. The van der Waals surface area contributed by atoms with Crippen molar-refractivity contribution < 1.29 is 9.53 Å². The van der Waals surface area contributed by atoms with Crippen LogP contribution in [0.3, 0.4) is 0 Å². The predicted molar refractivity (Wildman–Crippen MR) is 138 cm³/mol. The first kappa shape index (κ1) is 23.0. The van der Waals surface area contributed by atoms with Crippen molar-refractivity contribution >= 4 is 57.7 Å². The number of hydrogen-bond acceptors (Lipinski definition) is 6. The molecular formula is C24H21IN2O3S2. The molecule has 1 unspecified atom stereocenters. The van der Waals surface area contributed by atoms with Gasteiger partial charge in [-0.15, -0.1) is 11.8 Å². The van der Waals surface area contributed by atoms with Crippen molar-refractivity contribution in [1.29, 1.82) is 0 Å². The Hall–Kier alpha value is -2.17. The van der Waals surface area contributed by atoms with Crippen LogP contribution < -0.4 is 14.9 Å². The highest BCUT2D eigenvalue weighted by molar-refractivity contribution is 14.1. The van der Waals surface area contributed by atoms with Gasteiger partial charge >= 0.3 is 5.97 Å². The molecule has 1 atom stereocenters. The van der Waals surface area contributed by atoms with Gasteiger partial charge in [0.15, 0.2) is 4.80 Å². The number of thioether (sulfide) groups is 1. The SMILES string of the molecule is CCOC(=O)C1=C(C)N=c2s/c(=C\c3ccc(I)cc3)c(=O)n2C1c1ccc(SC)cc1. The number of allylic oxidation sites excluding steroid dienone is 1. The molecule has 164 valence electrons. The Morgan fingerprint density at radius 3 is 2.53 bits per heavy atom. The van der Waals surface area contributed by atoms with Crippen molar-refractivity contribution in [2.24, 2.45) is 4.99 Å². The quantitative estimate of drug-likeness (QED) is 0.261. The van der Waals surface area contributed by atoms with Gasteiger partial charge in [-0.1, -0.05) is 35.6 Å². The Morgan fingerprint density at radius 2 is 1.91 bits per heavy atom. The lowest BCUT2D eigenvalue weighted by atomic mass is 9.96. The van der Waals surface area contributed by atoms with E-state index in [1.165, 1.54) is 11.3 Å². The molecule has 0 aliphatic carbocycles. The summed E-state index contributed by atoms with van der Waals surface area (Å²) in [4.78, 5) is 32.7. The second kappa shape index (κ2) is 9.76. The molecule has 1 aliphatic heterocycles. The van der Waals surface area contributed by atoms with Crippen molar-refractivity contribution in [2.75, 3.05) is 12.9 Å². The third kappa shape index (κ3) is 4.49. The third-order valence-corrected chi connectivity index (χ3v) is 7.56. The van der Waals surface area contributed by atoms with E-state index in [0.29, 0.717) is 20.6 Å². The van der Waals surface area contributed by atoms with E-state index < -0.39 is 12.0 Å². The summed E-state index contributed by atoms with van der Waals surface area (Å²) in [5.74, 6) is -0.445. The predicted octanol–water partition coefficient (Wildman–Crippen LogP) is 4.12. The summed E-state index contributed by atoms with van der Waals surface area (Å²) >= 11 is 5.23. The maximum atomic E-state index is 13.5. The van der Waals surface area contributed by atoms with E-state index >= 15 is 0 Å². The third-order valence-electron chi connectivity index (χ3n) is 5.12. The minimum atomic E-state index is -0.583. The van der Waals surface area contributed by atoms with Crippen LogP contribution in [0.15, 0.2) is 74.5 Å². The highest BCUT2D eigenvalue weighted by atomic mass is 127. The van der Waals surface area contributed by atoms with Crippen LogP contribution in [0.1, 0.15) is 31.0 Å². The zero-order valence-electron chi connectivity index (χ0n) is 17.8. The molecule has 4 rings (SSSR count). The molecule has 0 spiro atoms. The van der Waals surface area contributed by atoms with Crippen molar-refractivity contribution in [3.63, 3.8) is 0 Å². The zero-order chi connectivity index (χ0) is 22.8. The van der Waals surface area contributed by atoms with Crippen LogP contribution in [-0.4, -0.2) is 23.4 Å². The molecule has 0 N–H and O–H groups in total. The monoisotopic (exact) mass is 576 g/mol. The first-order valence-electron chi connectivity index (χ1n) is 10.0. The van der Waals surface area contributed by atoms with Crippen LogP contribution in [0.2, 0.25) is 0 Å². The van der Waals surface area contributed by atoms with Gasteiger partial charge in [0.2, 0.25) is 0 Å². The van der Waals surface area contributed by atoms with Crippen molar-refractivity contribution in [1.82, 2.24) is 4.57 Å². The molecule has 3 aromatic rings. The van der Waals surface area contributed by atoms with Crippen LogP contribution in [0, 0.1) is 3.57 Å². The maximum Gasteiger partial charge on any atom is 0.338 e. The molecular weight excluding hydrogens is 555 g/mol. The lowest BCUT2D eigenvalue weighted by Gasteiger charge is -2.24. The Labute approximate surface area is 207 Å². The average Bonchev–Trinajstić information content (AvgIpc) is 3.09. The molecule has 0 saturated heterocycles. The fourth-order valence-corrected chi connectivity index (χ4v) is 5.42. The summed E-state index contributed by atoms with van der Waals surface area (Å²) in [6.07, 6.45) is 3.88. The summed E-state index contributed by atoms with van der Waals surface area (Å²) < 4.78 is 8.66. The van der Waals surface area contributed by atoms with E-state index in [1.807, 2.05) is 60.9 Å². The molecule has 0 radical (unpaired) electrons. The molecule has 0 fully saturated rings. The number of ether oxygens (including phenoxy) is 1. The molecule has 1 aromatic heterocycles. The summed E-state index contributed by atoms with van der Waals surface area (Å²) in [6, 6.07) is 15.3. The van der Waals surface area contributed by atoms with Crippen molar-refractivity contribution in [3.05, 3.63) is 94.2 Å². The number of rotatable bonds is 5. The number of carbonyl (C=O) groups excluding carboxylic acids is 1. The highest BCUT2D eigenvalue weighted by Gasteiger charge is 2.33. The standard InChI is InChI=1S/C24H21IN2O3S2/c1-4-30-23(29)20-14(2)26-24-27(21(20)16-7-11-18(31-3)12-8-16)22(28)19(32-24)13-15-5-9-17(25)10-6-15/h5-13,21H,4H2,1-3H3/b19-13-. The van der Waals surface area contributed by atoms with Crippen molar-refractivity contribution in [2.45, 2.75) is 24.8 Å². The van der Waals surface area contributed by atoms with Gasteiger partial charge in [0.1, 0.15) is 0 Å². The molecule has 5 nitrogen and oxygen atoms in total. The second-order valence-electron chi connectivity index (χ2n) is 7.13. The molecule has 2 aromatic carbocycles. The minimum absolute atomic E-state index is 0.166. The molecule has 8 heteroatoms. The fraction of sp³-hybridized carbons (Fsp3) is 0.208. The average molecular weight is 576 g/mol. The van der Waals surface area contributed by atoms with E-state index in [-0.39, 0.29) is 12.2 Å². The first-order valence-corrected chi connectivity index (χ1v) is 13.1. The van der Waals surface area contributed by atoms with Crippen LogP contribution in [0.25, 0.3) is 6.08 Å². The first-order chi connectivity index (χ1) is 15.4. The normalized spacial score (nSPS) is 16.0. The number of thiazole rings is 1. The smallest absolute Gasteiger partial charge is 0.338 e. The van der Waals surface area contributed by atoms with Crippen molar-refractivity contribution in [3.8, 4) is 0 Å². The Balaban J connectivity index is 1.93. The highest BCUT2D eigenvalue weighted by Crippen LogP contribution is 2.31. The number of benzene rings is 2. The molecule has 1 aliphatic rings. The fourth-order valence-electron chi connectivity index (χ4n) is 3.60. The van der Waals surface area contributed by atoms with Crippen LogP contribution in [-0.2, 0) is 9.53 Å². The lowest BCUT2D eigenvalue weighted by molar-refractivity contribution is -0.139. The lowest BCUT2D eigenvalue weighted by Crippen LogP contribution is -2.39. The van der Waals surface area contributed by atoms with E-state index in [1.54, 1.807) is 30.2 Å². The number of nitrogens with zero attached hydrogens (tertiary/aromatic N) is 2. The second-order valence-corrected chi connectivity index (χ2v) is 10.3. The summed E-state index contributed by atoms with van der Waals surface area (Å²) in [5.41, 5.74) is 2.60. The molecule has 32 heavy (non-hydrogen) atoms. The number of fused-ring (bicyclic) bond motifs is 1. The number of halogens is 1. The number of hydrogen-bond donors (Lipinski definition) is 0. The topological polar surface area (TPSA) is 60.7 Å². The summed E-state index contributed by atoms with van der Waals surface area (Å²) in [5, 5.41) is 0. The van der Waals surface area contributed by atoms with E-state index in [4.69, 9.17) is 4.74 Å². The van der Waals surface area contributed by atoms with E-state index in [2.05, 4.69) is 27.6 Å². The van der Waals surface area contributed by atoms with Gasteiger partial charge in [0.25, 0.3) is 5.56 Å². The van der Waals surface area contributed by atoms with Gasteiger partial charge in [-0.25, -0.2) is 9.79 Å². The van der Waals surface area contributed by atoms with Crippen LogP contribution in [0.4, 0.5) is 0 Å². The molecule has 0 saturated carbocycles. The van der Waals surface area contributed by atoms with Gasteiger partial charge in [0, 0.05) is 8.47 Å². The van der Waals surface area contributed by atoms with Gasteiger partial charge in [-0.2, -0.15) is 0 Å². The number of esters is 1. The Bertz CT molecular complexity index is 1370. The van der Waals surface area contributed by atoms with E-state index in [9.17, 15) is 9.59 Å². The molecule has 0 amide bonds. The van der Waals surface area contributed by atoms with Crippen LogP contribution in [0.5, 0.6) is 0 Å². The van der Waals surface area contributed by atoms with Gasteiger partial charge < -0.3 is 4.74 Å². The van der Waals surface area contributed by atoms with Crippen LogP contribution >= 0.6 is 45.7 Å². The number of aromatic nitrogens is 1. The molecule has 2 heterocycles. The molecule has 0 bridgehead atoms. The summed E-state index contributed by atoms with van der Waals surface area (Å²) in [6.45, 7) is 3.82. The maximum absolute atomic E-state index is 13.5.